The van der Waals surface area contributed by atoms with Crippen LogP contribution < -0.4 is 15.5 Å². The van der Waals surface area contributed by atoms with Gasteiger partial charge in [-0.3, -0.25) is 14.9 Å². The van der Waals surface area contributed by atoms with Crippen LogP contribution in [-0.4, -0.2) is 42.0 Å². The van der Waals surface area contributed by atoms with Crippen molar-refractivity contribution in [2.24, 2.45) is 0 Å². The van der Waals surface area contributed by atoms with Crippen LogP contribution in [0.5, 0.6) is 0 Å². The molecule has 1 aliphatic heterocycles. The summed E-state index contributed by atoms with van der Waals surface area (Å²) in [6.45, 7) is 2.49. The van der Waals surface area contributed by atoms with Crippen molar-refractivity contribution in [3.8, 4) is 0 Å². The van der Waals surface area contributed by atoms with Crippen molar-refractivity contribution in [1.82, 2.24) is 10.3 Å². The molecule has 0 aliphatic carbocycles. The van der Waals surface area contributed by atoms with E-state index in [-0.39, 0.29) is 11.6 Å². The smallest absolute Gasteiger partial charge is 0.292 e. The van der Waals surface area contributed by atoms with Crippen LogP contribution in [0.25, 0.3) is 10.9 Å². The zero-order valence-electron chi connectivity index (χ0n) is 16.5. The lowest BCUT2D eigenvalue weighted by molar-refractivity contribution is -0.384. The Labute approximate surface area is 174 Å². The molecular weight excluding hydrogens is 382 g/mol. The van der Waals surface area contributed by atoms with Crippen molar-refractivity contribution in [3.05, 3.63) is 70.3 Å². The molecule has 2 aromatic carbocycles. The molecule has 1 aromatic heterocycles. The first-order valence-corrected chi connectivity index (χ1v) is 10.0. The molecule has 4 rings (SSSR count). The fourth-order valence-electron chi connectivity index (χ4n) is 3.69. The zero-order valence-corrected chi connectivity index (χ0v) is 16.5. The maximum Gasteiger partial charge on any atom is 0.292 e. The fourth-order valence-corrected chi connectivity index (χ4v) is 3.69. The second kappa shape index (κ2) is 8.77. The fraction of sp³-hybridized carbons (Fsp3) is 0.273. The first-order chi connectivity index (χ1) is 14.6. The van der Waals surface area contributed by atoms with Gasteiger partial charge >= 0.3 is 0 Å². The van der Waals surface area contributed by atoms with Crippen molar-refractivity contribution in [3.63, 3.8) is 0 Å². The van der Waals surface area contributed by atoms with E-state index in [0.29, 0.717) is 24.3 Å². The summed E-state index contributed by atoms with van der Waals surface area (Å²) in [4.78, 5) is 30.5. The molecule has 0 atom stereocenters. The van der Waals surface area contributed by atoms with E-state index in [1.165, 1.54) is 6.07 Å². The molecule has 2 N–H and O–H groups in total. The molecular formula is C22H23N5O3. The molecule has 1 aliphatic rings. The number of nitro groups is 1. The maximum absolute atomic E-state index is 12.9. The highest BCUT2D eigenvalue weighted by molar-refractivity contribution is 6.02. The standard InChI is InChI=1S/C22H23N5O3/c28-22(24-12-11-23-19-9-3-4-10-20(19)27(29)30)17-15-16-7-1-2-8-18(16)25-21(17)26-13-5-6-14-26/h1-4,7-10,15,23H,5-6,11-14H2,(H,24,28). The van der Waals surface area contributed by atoms with E-state index in [1.807, 2.05) is 30.3 Å². The lowest BCUT2D eigenvalue weighted by Gasteiger charge is -2.20. The van der Waals surface area contributed by atoms with Gasteiger partial charge in [0.05, 0.1) is 16.0 Å². The van der Waals surface area contributed by atoms with Crippen molar-refractivity contribution >= 4 is 34.0 Å². The summed E-state index contributed by atoms with van der Waals surface area (Å²) < 4.78 is 0. The number of amides is 1. The van der Waals surface area contributed by atoms with E-state index in [9.17, 15) is 14.9 Å². The van der Waals surface area contributed by atoms with E-state index in [2.05, 4.69) is 15.5 Å². The lowest BCUT2D eigenvalue weighted by atomic mass is 10.1. The van der Waals surface area contributed by atoms with Crippen molar-refractivity contribution in [2.75, 3.05) is 36.4 Å². The third-order valence-electron chi connectivity index (χ3n) is 5.18. The van der Waals surface area contributed by atoms with E-state index >= 15 is 0 Å². The molecule has 0 radical (unpaired) electrons. The first-order valence-electron chi connectivity index (χ1n) is 10.0. The Kier molecular flexibility index (Phi) is 5.74. The number of aromatic nitrogens is 1. The Balaban J connectivity index is 1.46. The Bertz CT molecular complexity index is 1080. The molecule has 0 unspecified atom stereocenters. The Morgan fingerprint density at radius 2 is 1.80 bits per heavy atom. The highest BCUT2D eigenvalue weighted by Crippen LogP contribution is 2.26. The van der Waals surface area contributed by atoms with Gasteiger partial charge in [0.25, 0.3) is 11.6 Å². The number of pyridine rings is 1. The Morgan fingerprint density at radius 3 is 2.60 bits per heavy atom. The monoisotopic (exact) mass is 405 g/mol. The van der Waals surface area contributed by atoms with Crippen LogP contribution in [0.1, 0.15) is 23.2 Å². The minimum absolute atomic E-state index is 0.0128. The molecule has 8 heteroatoms. The molecule has 2 heterocycles. The van der Waals surface area contributed by atoms with Gasteiger partial charge in [-0.05, 0) is 31.0 Å². The van der Waals surface area contributed by atoms with E-state index in [4.69, 9.17) is 4.98 Å². The molecule has 0 bridgehead atoms. The number of benzene rings is 2. The predicted molar refractivity (Wildman–Crippen MR) is 117 cm³/mol. The van der Waals surface area contributed by atoms with Gasteiger partial charge in [-0.15, -0.1) is 0 Å². The van der Waals surface area contributed by atoms with Crippen LogP contribution in [0, 0.1) is 10.1 Å². The van der Waals surface area contributed by atoms with Gasteiger partial charge < -0.3 is 15.5 Å². The van der Waals surface area contributed by atoms with Crippen LogP contribution in [0.2, 0.25) is 0 Å². The van der Waals surface area contributed by atoms with Crippen LogP contribution in [-0.2, 0) is 0 Å². The minimum atomic E-state index is -0.427. The number of anilines is 2. The Hall–Kier alpha value is -3.68. The summed E-state index contributed by atoms with van der Waals surface area (Å²) in [7, 11) is 0. The van der Waals surface area contributed by atoms with Gasteiger partial charge in [-0.25, -0.2) is 4.98 Å². The number of hydrogen-bond acceptors (Lipinski definition) is 6. The third kappa shape index (κ3) is 4.17. The van der Waals surface area contributed by atoms with E-state index in [1.54, 1.807) is 18.2 Å². The second-order valence-electron chi connectivity index (χ2n) is 7.20. The quantitative estimate of drug-likeness (QED) is 0.354. The maximum atomic E-state index is 12.9. The molecule has 1 fully saturated rings. The number of carbonyl (C=O) groups is 1. The number of nitro benzene ring substituents is 1. The lowest BCUT2D eigenvalue weighted by Crippen LogP contribution is -2.31. The topological polar surface area (TPSA) is 100 Å². The van der Waals surface area contributed by atoms with Crippen molar-refractivity contribution < 1.29 is 9.72 Å². The average Bonchev–Trinajstić information content (AvgIpc) is 3.30. The predicted octanol–water partition coefficient (Wildman–Crippen LogP) is 3.59. The minimum Gasteiger partial charge on any atom is -0.378 e. The van der Waals surface area contributed by atoms with E-state index < -0.39 is 4.92 Å². The van der Waals surface area contributed by atoms with Crippen molar-refractivity contribution in [2.45, 2.75) is 12.8 Å². The normalized spacial score (nSPS) is 13.4. The van der Waals surface area contributed by atoms with Gasteiger partial charge in [0, 0.05) is 37.6 Å². The SMILES string of the molecule is O=C(NCCNc1ccccc1[N+](=O)[O-])c1cc2ccccc2nc1N1CCCC1. The highest BCUT2D eigenvalue weighted by Gasteiger charge is 2.22. The average molecular weight is 405 g/mol. The first kappa shape index (κ1) is 19.6. The number of nitrogens with zero attached hydrogens (tertiary/aromatic N) is 3. The summed E-state index contributed by atoms with van der Waals surface area (Å²) >= 11 is 0. The summed E-state index contributed by atoms with van der Waals surface area (Å²) in [6, 6.07) is 16.1. The summed E-state index contributed by atoms with van der Waals surface area (Å²) in [5, 5.41) is 17.9. The highest BCUT2D eigenvalue weighted by atomic mass is 16.6. The number of para-hydroxylation sites is 3. The van der Waals surface area contributed by atoms with Crippen LogP contribution in [0.15, 0.2) is 54.6 Å². The second-order valence-corrected chi connectivity index (χ2v) is 7.20. The van der Waals surface area contributed by atoms with E-state index in [0.717, 1.165) is 42.7 Å². The third-order valence-corrected chi connectivity index (χ3v) is 5.18. The molecule has 154 valence electrons. The summed E-state index contributed by atoms with van der Waals surface area (Å²) in [5.74, 6) is 0.523. The summed E-state index contributed by atoms with van der Waals surface area (Å²) in [5.41, 5.74) is 1.87. The molecule has 1 saturated heterocycles. The number of rotatable bonds is 7. The van der Waals surface area contributed by atoms with Gasteiger partial charge in [0.2, 0.25) is 0 Å². The molecule has 3 aromatic rings. The number of nitrogens with one attached hydrogen (secondary N) is 2. The van der Waals surface area contributed by atoms with Crippen LogP contribution in [0.3, 0.4) is 0 Å². The molecule has 1 amide bonds. The summed E-state index contributed by atoms with van der Waals surface area (Å²) in [6.07, 6.45) is 2.19. The number of fused-ring (bicyclic) bond motifs is 1. The van der Waals surface area contributed by atoms with Crippen LogP contribution in [0.4, 0.5) is 17.2 Å². The van der Waals surface area contributed by atoms with Gasteiger partial charge in [0.1, 0.15) is 11.5 Å². The number of hydrogen-bond donors (Lipinski definition) is 2. The van der Waals surface area contributed by atoms with Gasteiger partial charge in [-0.1, -0.05) is 30.3 Å². The molecule has 0 saturated carbocycles. The largest absolute Gasteiger partial charge is 0.378 e. The molecule has 0 spiro atoms. The van der Waals surface area contributed by atoms with Crippen LogP contribution >= 0.6 is 0 Å². The molecule has 30 heavy (non-hydrogen) atoms. The van der Waals surface area contributed by atoms with Crippen molar-refractivity contribution in [1.29, 1.82) is 0 Å². The zero-order chi connectivity index (χ0) is 20.9. The van der Waals surface area contributed by atoms with Gasteiger partial charge in [-0.2, -0.15) is 0 Å². The number of carbonyl (C=O) groups excluding carboxylic acids is 1. The Morgan fingerprint density at radius 1 is 1.07 bits per heavy atom. The van der Waals surface area contributed by atoms with Gasteiger partial charge in [0.15, 0.2) is 0 Å². The molecule has 8 nitrogen and oxygen atoms in total.